The Balaban J connectivity index is 1.78. The first-order valence-electron chi connectivity index (χ1n) is 10.2. The number of halogens is 1. The van der Waals surface area contributed by atoms with Crippen molar-refractivity contribution >= 4 is 33.2 Å². The fourth-order valence-corrected chi connectivity index (χ4v) is 4.91. The summed E-state index contributed by atoms with van der Waals surface area (Å²) in [6, 6.07) is 10.8. The van der Waals surface area contributed by atoms with Gasteiger partial charge in [-0.15, -0.1) is 0 Å². The fraction of sp³-hybridized carbons (Fsp3) is 0.409. The largest absolute Gasteiger partial charge is 0.494 e. The van der Waals surface area contributed by atoms with Gasteiger partial charge >= 0.3 is 0 Å². The first-order valence-corrected chi connectivity index (χ1v) is 12.0. The maximum Gasteiger partial charge on any atom is 0.261 e. The molecule has 0 saturated heterocycles. The van der Waals surface area contributed by atoms with Crippen LogP contribution in [-0.4, -0.2) is 27.0 Å². The number of anilines is 1. The molecule has 1 aliphatic carbocycles. The van der Waals surface area contributed by atoms with Crippen LogP contribution in [0.25, 0.3) is 0 Å². The maximum absolute atomic E-state index is 12.8. The first kappa shape index (κ1) is 22.4. The number of sulfonamides is 1. The van der Waals surface area contributed by atoms with Crippen LogP contribution in [0.1, 0.15) is 49.9 Å². The van der Waals surface area contributed by atoms with E-state index in [0.717, 1.165) is 19.3 Å². The van der Waals surface area contributed by atoms with Crippen molar-refractivity contribution in [3.05, 3.63) is 53.1 Å². The summed E-state index contributed by atoms with van der Waals surface area (Å²) in [6.07, 6.45) is 4.23. The van der Waals surface area contributed by atoms with Crippen LogP contribution in [0, 0.1) is 5.92 Å². The van der Waals surface area contributed by atoms with Gasteiger partial charge in [0.2, 0.25) is 0 Å². The zero-order chi connectivity index (χ0) is 21.7. The van der Waals surface area contributed by atoms with Gasteiger partial charge in [0.25, 0.3) is 15.9 Å². The molecule has 2 atom stereocenters. The lowest BCUT2D eigenvalue weighted by Gasteiger charge is -2.29. The molecular formula is C22H27ClN2O4S. The van der Waals surface area contributed by atoms with E-state index in [1.807, 2.05) is 6.92 Å². The van der Waals surface area contributed by atoms with Gasteiger partial charge in [-0.2, -0.15) is 0 Å². The summed E-state index contributed by atoms with van der Waals surface area (Å²) in [4.78, 5) is 12.8. The molecule has 1 saturated carbocycles. The molecule has 0 radical (unpaired) electrons. The van der Waals surface area contributed by atoms with Gasteiger partial charge in [0.05, 0.1) is 22.1 Å². The van der Waals surface area contributed by atoms with Gasteiger partial charge in [0, 0.05) is 11.7 Å². The summed E-state index contributed by atoms with van der Waals surface area (Å²) in [5.41, 5.74) is 0.555. The lowest BCUT2D eigenvalue weighted by Crippen LogP contribution is -2.41. The van der Waals surface area contributed by atoms with E-state index in [9.17, 15) is 13.2 Å². The molecule has 0 heterocycles. The summed E-state index contributed by atoms with van der Waals surface area (Å²) in [5.74, 6) is 0.689. The number of rotatable bonds is 7. The molecule has 6 nitrogen and oxygen atoms in total. The molecule has 2 N–H and O–H groups in total. The lowest BCUT2D eigenvalue weighted by molar-refractivity contribution is 0.0910. The van der Waals surface area contributed by atoms with Crippen molar-refractivity contribution < 1.29 is 17.9 Å². The van der Waals surface area contributed by atoms with Gasteiger partial charge in [0.15, 0.2) is 0 Å². The monoisotopic (exact) mass is 450 g/mol. The topological polar surface area (TPSA) is 84.5 Å². The molecule has 2 aromatic rings. The van der Waals surface area contributed by atoms with E-state index in [0.29, 0.717) is 24.0 Å². The molecule has 0 aromatic heterocycles. The maximum atomic E-state index is 12.8. The van der Waals surface area contributed by atoms with Gasteiger partial charge in [-0.1, -0.05) is 31.4 Å². The van der Waals surface area contributed by atoms with Crippen LogP contribution in [0.15, 0.2) is 47.4 Å². The van der Waals surface area contributed by atoms with Crippen LogP contribution in [0.2, 0.25) is 5.02 Å². The van der Waals surface area contributed by atoms with Crippen LogP contribution in [-0.2, 0) is 10.0 Å². The zero-order valence-corrected chi connectivity index (χ0v) is 18.7. The van der Waals surface area contributed by atoms with Gasteiger partial charge in [-0.05, 0) is 68.1 Å². The number of benzene rings is 2. The summed E-state index contributed by atoms with van der Waals surface area (Å²) < 4.78 is 33.5. The van der Waals surface area contributed by atoms with Crippen molar-refractivity contribution in [2.45, 2.75) is 50.5 Å². The highest BCUT2D eigenvalue weighted by Gasteiger charge is 2.25. The Morgan fingerprint density at radius 1 is 1.13 bits per heavy atom. The Morgan fingerprint density at radius 3 is 2.50 bits per heavy atom. The van der Waals surface area contributed by atoms with Crippen molar-refractivity contribution in [3.8, 4) is 5.75 Å². The second kappa shape index (κ2) is 9.71. The molecule has 30 heavy (non-hydrogen) atoms. The number of carbonyl (C=O) groups is 1. The second-order valence-corrected chi connectivity index (χ2v) is 9.64. The normalized spacial score (nSPS) is 19.2. The molecule has 0 aliphatic heterocycles. The highest BCUT2D eigenvalue weighted by atomic mass is 35.5. The van der Waals surface area contributed by atoms with E-state index < -0.39 is 10.0 Å². The third-order valence-electron chi connectivity index (χ3n) is 5.34. The number of amides is 1. The number of carbonyl (C=O) groups excluding carboxylic acids is 1. The molecular weight excluding hydrogens is 424 g/mol. The summed E-state index contributed by atoms with van der Waals surface area (Å²) in [6.45, 7) is 4.52. The highest BCUT2D eigenvalue weighted by Crippen LogP contribution is 2.26. The summed E-state index contributed by atoms with van der Waals surface area (Å²) >= 11 is 6.21. The number of hydrogen-bond acceptors (Lipinski definition) is 4. The van der Waals surface area contributed by atoms with Crippen molar-refractivity contribution in [2.75, 3.05) is 11.3 Å². The Bertz CT molecular complexity index is 993. The second-order valence-electron chi connectivity index (χ2n) is 7.55. The van der Waals surface area contributed by atoms with Crippen LogP contribution in [0.3, 0.4) is 0 Å². The zero-order valence-electron chi connectivity index (χ0n) is 17.2. The van der Waals surface area contributed by atoms with Gasteiger partial charge in [-0.25, -0.2) is 8.42 Å². The molecule has 0 bridgehead atoms. The quantitative estimate of drug-likeness (QED) is 0.631. The highest BCUT2D eigenvalue weighted by molar-refractivity contribution is 7.92. The van der Waals surface area contributed by atoms with Gasteiger partial charge < -0.3 is 10.1 Å². The van der Waals surface area contributed by atoms with E-state index in [-0.39, 0.29) is 27.4 Å². The fourth-order valence-electron chi connectivity index (χ4n) is 3.62. The van der Waals surface area contributed by atoms with Gasteiger partial charge in [0.1, 0.15) is 5.75 Å². The van der Waals surface area contributed by atoms with Crippen LogP contribution < -0.4 is 14.8 Å². The van der Waals surface area contributed by atoms with Crippen molar-refractivity contribution in [3.63, 3.8) is 0 Å². The third-order valence-corrected chi connectivity index (χ3v) is 7.05. The minimum Gasteiger partial charge on any atom is -0.494 e. The molecule has 8 heteroatoms. The third kappa shape index (κ3) is 5.46. The van der Waals surface area contributed by atoms with Gasteiger partial charge in [-0.3, -0.25) is 9.52 Å². The molecule has 0 spiro atoms. The molecule has 0 unspecified atom stereocenters. The predicted octanol–water partition coefficient (Wildman–Crippen LogP) is 4.85. The Hall–Kier alpha value is -2.25. The molecule has 1 amide bonds. The van der Waals surface area contributed by atoms with E-state index in [4.69, 9.17) is 16.3 Å². The van der Waals surface area contributed by atoms with Crippen LogP contribution >= 0.6 is 11.6 Å². The molecule has 3 rings (SSSR count). The average Bonchev–Trinajstić information content (AvgIpc) is 2.71. The Labute approximate surface area is 183 Å². The summed E-state index contributed by atoms with van der Waals surface area (Å²) in [7, 11) is -3.88. The smallest absolute Gasteiger partial charge is 0.261 e. The number of hydrogen-bond donors (Lipinski definition) is 2. The standard InChI is InChI=1S/C22H27ClN2O4S/c1-3-29-17-10-8-16(9-11-17)25-30(27,28)18-12-13-20(23)19(14-18)22(26)24-21-7-5-4-6-15(21)2/h8-15,21,25H,3-7H2,1-2H3,(H,24,26)/t15-,21-/m1/s1. The van der Waals surface area contributed by atoms with E-state index >= 15 is 0 Å². The van der Waals surface area contributed by atoms with Crippen molar-refractivity contribution in [2.24, 2.45) is 5.92 Å². The number of nitrogens with one attached hydrogen (secondary N) is 2. The lowest BCUT2D eigenvalue weighted by atomic mass is 9.86. The van der Waals surface area contributed by atoms with E-state index in [1.54, 1.807) is 24.3 Å². The molecule has 2 aromatic carbocycles. The van der Waals surface area contributed by atoms with E-state index in [2.05, 4.69) is 17.0 Å². The minimum absolute atomic E-state index is 0.0253. The Morgan fingerprint density at radius 2 is 1.83 bits per heavy atom. The van der Waals surface area contributed by atoms with Crippen LogP contribution in [0.4, 0.5) is 5.69 Å². The number of ether oxygens (including phenoxy) is 1. The van der Waals surface area contributed by atoms with E-state index in [1.165, 1.54) is 24.6 Å². The Kier molecular flexibility index (Phi) is 7.26. The molecule has 162 valence electrons. The summed E-state index contributed by atoms with van der Waals surface area (Å²) in [5, 5.41) is 3.24. The predicted molar refractivity (Wildman–Crippen MR) is 119 cm³/mol. The van der Waals surface area contributed by atoms with Crippen LogP contribution in [0.5, 0.6) is 5.75 Å². The van der Waals surface area contributed by atoms with Crippen molar-refractivity contribution in [1.29, 1.82) is 0 Å². The first-order chi connectivity index (χ1) is 14.3. The molecule has 1 aliphatic rings. The average molecular weight is 451 g/mol. The van der Waals surface area contributed by atoms with Crippen molar-refractivity contribution in [1.82, 2.24) is 5.32 Å². The molecule has 1 fully saturated rings. The minimum atomic E-state index is -3.88. The SMILES string of the molecule is CCOc1ccc(NS(=O)(=O)c2ccc(Cl)c(C(=O)N[C@@H]3CCCC[C@H]3C)c2)cc1.